The molecule has 1 fully saturated rings. The van der Waals surface area contributed by atoms with Gasteiger partial charge in [0.1, 0.15) is 6.04 Å². The Morgan fingerprint density at radius 1 is 1.36 bits per heavy atom. The number of aromatic nitrogens is 1. The predicted molar refractivity (Wildman–Crippen MR) is 85.2 cm³/mol. The van der Waals surface area contributed by atoms with E-state index in [2.05, 4.69) is 10.3 Å². The summed E-state index contributed by atoms with van der Waals surface area (Å²) in [6, 6.07) is 6.82. The Kier molecular flexibility index (Phi) is 3.66. The molecule has 1 aliphatic rings. The van der Waals surface area contributed by atoms with E-state index in [1.807, 2.05) is 12.1 Å². The molecule has 6 heteroatoms. The molecule has 0 aliphatic carbocycles. The standard InChI is InChI=1S/C16H18N4O2/c1-10(21)20-9-3-5-14(20)16(22)19-13-7-6-12-11(15(13)17)4-2-8-18-12/h2,4,6-8,14H,3,5,9,17H2,1H3,(H,19,22)/t14-/m0/s1. The molecule has 114 valence electrons. The maximum Gasteiger partial charge on any atom is 0.247 e. The number of rotatable bonds is 2. The van der Waals surface area contributed by atoms with E-state index >= 15 is 0 Å². The Labute approximate surface area is 128 Å². The van der Waals surface area contributed by atoms with Crippen molar-refractivity contribution in [3.63, 3.8) is 0 Å². The number of nitrogens with one attached hydrogen (secondary N) is 1. The molecule has 2 aromatic rings. The average molecular weight is 298 g/mol. The normalized spacial score (nSPS) is 17.7. The molecule has 1 atom stereocenters. The van der Waals surface area contributed by atoms with Gasteiger partial charge in [-0.25, -0.2) is 0 Å². The monoisotopic (exact) mass is 298 g/mol. The van der Waals surface area contributed by atoms with Crippen LogP contribution in [0.1, 0.15) is 19.8 Å². The number of benzene rings is 1. The van der Waals surface area contributed by atoms with Gasteiger partial charge in [-0.3, -0.25) is 14.6 Å². The fourth-order valence-electron chi connectivity index (χ4n) is 2.92. The summed E-state index contributed by atoms with van der Waals surface area (Å²) in [4.78, 5) is 29.8. The van der Waals surface area contributed by atoms with Crippen LogP contribution in [0.3, 0.4) is 0 Å². The number of nitrogen functional groups attached to an aromatic ring is 1. The number of likely N-dealkylation sites (tertiary alicyclic amines) is 1. The predicted octanol–water partition coefficient (Wildman–Crippen LogP) is 1.77. The van der Waals surface area contributed by atoms with Crippen molar-refractivity contribution in [2.75, 3.05) is 17.6 Å². The van der Waals surface area contributed by atoms with Crippen molar-refractivity contribution in [2.45, 2.75) is 25.8 Å². The number of fused-ring (bicyclic) bond motifs is 1. The number of amides is 2. The lowest BCUT2D eigenvalue weighted by Gasteiger charge is -2.22. The molecule has 22 heavy (non-hydrogen) atoms. The number of hydrogen-bond donors (Lipinski definition) is 2. The summed E-state index contributed by atoms with van der Waals surface area (Å²) in [5.41, 5.74) is 7.96. The number of nitrogens with two attached hydrogens (primary N) is 1. The molecule has 1 aliphatic heterocycles. The van der Waals surface area contributed by atoms with Crippen molar-refractivity contribution >= 4 is 34.1 Å². The van der Waals surface area contributed by atoms with Crippen molar-refractivity contribution < 1.29 is 9.59 Å². The number of nitrogens with zero attached hydrogens (tertiary/aromatic N) is 2. The Morgan fingerprint density at radius 2 is 2.18 bits per heavy atom. The third kappa shape index (κ3) is 2.47. The first-order chi connectivity index (χ1) is 10.6. The summed E-state index contributed by atoms with van der Waals surface area (Å²) >= 11 is 0. The molecule has 3 N–H and O–H groups in total. The number of anilines is 2. The highest BCUT2D eigenvalue weighted by atomic mass is 16.2. The first-order valence-electron chi connectivity index (χ1n) is 7.29. The van der Waals surface area contributed by atoms with Crippen LogP contribution in [0.4, 0.5) is 11.4 Å². The maximum absolute atomic E-state index is 12.4. The molecular formula is C16H18N4O2. The van der Waals surface area contributed by atoms with Crippen LogP contribution in [0, 0.1) is 0 Å². The lowest BCUT2D eigenvalue weighted by Crippen LogP contribution is -2.42. The van der Waals surface area contributed by atoms with Gasteiger partial charge >= 0.3 is 0 Å². The molecule has 0 saturated carbocycles. The van der Waals surface area contributed by atoms with E-state index < -0.39 is 6.04 Å². The molecule has 6 nitrogen and oxygen atoms in total. The second-order valence-electron chi connectivity index (χ2n) is 5.46. The Hall–Kier alpha value is -2.63. The van der Waals surface area contributed by atoms with Gasteiger partial charge in [0.15, 0.2) is 0 Å². The van der Waals surface area contributed by atoms with Crippen molar-refractivity contribution in [1.29, 1.82) is 0 Å². The highest BCUT2D eigenvalue weighted by Gasteiger charge is 2.32. The van der Waals surface area contributed by atoms with Gasteiger partial charge in [-0.15, -0.1) is 0 Å². The lowest BCUT2D eigenvalue weighted by atomic mass is 10.1. The zero-order valence-electron chi connectivity index (χ0n) is 12.4. The van der Waals surface area contributed by atoms with Crippen LogP contribution in [-0.4, -0.2) is 34.3 Å². The quantitative estimate of drug-likeness (QED) is 0.827. The molecule has 2 amide bonds. The Bertz CT molecular complexity index is 744. The van der Waals surface area contributed by atoms with Crippen molar-refractivity contribution in [1.82, 2.24) is 9.88 Å². The minimum Gasteiger partial charge on any atom is -0.396 e. The minimum atomic E-state index is -0.415. The molecular weight excluding hydrogens is 280 g/mol. The van der Waals surface area contributed by atoms with Gasteiger partial charge in [0.2, 0.25) is 11.8 Å². The van der Waals surface area contributed by atoms with Crippen LogP contribution < -0.4 is 11.1 Å². The number of carbonyl (C=O) groups excluding carboxylic acids is 2. The second kappa shape index (κ2) is 5.63. The van der Waals surface area contributed by atoms with E-state index in [0.717, 1.165) is 17.3 Å². The van der Waals surface area contributed by atoms with Gasteiger partial charge < -0.3 is 16.0 Å². The van der Waals surface area contributed by atoms with Crippen LogP contribution in [0.5, 0.6) is 0 Å². The molecule has 3 rings (SSSR count). The number of hydrogen-bond acceptors (Lipinski definition) is 4. The summed E-state index contributed by atoms with van der Waals surface area (Å²) in [7, 11) is 0. The minimum absolute atomic E-state index is 0.0756. The SMILES string of the molecule is CC(=O)N1CCC[C@H]1C(=O)Nc1ccc2ncccc2c1N. The zero-order valence-corrected chi connectivity index (χ0v) is 12.4. The number of pyridine rings is 1. The van der Waals surface area contributed by atoms with Gasteiger partial charge in [-0.2, -0.15) is 0 Å². The topological polar surface area (TPSA) is 88.3 Å². The summed E-state index contributed by atoms with van der Waals surface area (Å²) in [6.45, 7) is 2.12. The highest BCUT2D eigenvalue weighted by Crippen LogP contribution is 2.28. The van der Waals surface area contributed by atoms with Gasteiger partial charge in [0.05, 0.1) is 16.9 Å². The van der Waals surface area contributed by atoms with Crippen molar-refractivity contribution in [3.8, 4) is 0 Å². The van der Waals surface area contributed by atoms with E-state index in [-0.39, 0.29) is 11.8 Å². The van der Waals surface area contributed by atoms with Crippen LogP contribution in [0.25, 0.3) is 10.9 Å². The van der Waals surface area contributed by atoms with Crippen molar-refractivity contribution in [2.24, 2.45) is 0 Å². The van der Waals surface area contributed by atoms with Gasteiger partial charge in [-0.1, -0.05) is 0 Å². The van der Waals surface area contributed by atoms with Gasteiger partial charge in [-0.05, 0) is 37.1 Å². The van der Waals surface area contributed by atoms with E-state index in [1.54, 1.807) is 23.2 Å². The van der Waals surface area contributed by atoms with E-state index in [0.29, 0.717) is 24.3 Å². The van der Waals surface area contributed by atoms with E-state index in [4.69, 9.17) is 5.73 Å². The summed E-state index contributed by atoms with van der Waals surface area (Å²) in [6.07, 6.45) is 3.22. The van der Waals surface area contributed by atoms with Crippen molar-refractivity contribution in [3.05, 3.63) is 30.5 Å². The smallest absolute Gasteiger partial charge is 0.247 e. The largest absolute Gasteiger partial charge is 0.396 e. The fourth-order valence-corrected chi connectivity index (χ4v) is 2.92. The molecule has 2 heterocycles. The van der Waals surface area contributed by atoms with Gasteiger partial charge in [0, 0.05) is 25.1 Å². The third-order valence-corrected chi connectivity index (χ3v) is 4.04. The van der Waals surface area contributed by atoms with Crippen LogP contribution >= 0.6 is 0 Å². The number of carbonyl (C=O) groups is 2. The lowest BCUT2D eigenvalue weighted by molar-refractivity contribution is -0.134. The molecule has 1 aromatic carbocycles. The molecule has 0 radical (unpaired) electrons. The average Bonchev–Trinajstić information content (AvgIpc) is 3.00. The van der Waals surface area contributed by atoms with Crippen LogP contribution in [0.2, 0.25) is 0 Å². The highest BCUT2D eigenvalue weighted by molar-refractivity contribution is 6.04. The van der Waals surface area contributed by atoms with E-state index in [9.17, 15) is 9.59 Å². The molecule has 0 spiro atoms. The molecule has 0 bridgehead atoms. The van der Waals surface area contributed by atoms with Gasteiger partial charge in [0.25, 0.3) is 0 Å². The fraction of sp³-hybridized carbons (Fsp3) is 0.312. The Morgan fingerprint density at radius 3 is 2.95 bits per heavy atom. The first-order valence-corrected chi connectivity index (χ1v) is 7.29. The Balaban J connectivity index is 1.85. The molecule has 1 saturated heterocycles. The summed E-state index contributed by atoms with van der Waals surface area (Å²) in [5.74, 6) is -0.268. The van der Waals surface area contributed by atoms with Crippen LogP contribution in [0.15, 0.2) is 30.5 Å². The summed E-state index contributed by atoms with van der Waals surface area (Å²) < 4.78 is 0. The maximum atomic E-state index is 12.4. The molecule has 1 aromatic heterocycles. The second-order valence-corrected chi connectivity index (χ2v) is 5.46. The van der Waals surface area contributed by atoms with Crippen LogP contribution in [-0.2, 0) is 9.59 Å². The third-order valence-electron chi connectivity index (χ3n) is 4.04. The summed E-state index contributed by atoms with van der Waals surface area (Å²) in [5, 5.41) is 3.64. The van der Waals surface area contributed by atoms with E-state index in [1.165, 1.54) is 6.92 Å². The molecule has 0 unspecified atom stereocenters. The zero-order chi connectivity index (χ0) is 15.7. The first kappa shape index (κ1) is 14.3.